The van der Waals surface area contributed by atoms with Gasteiger partial charge in [-0.1, -0.05) is 6.07 Å². The summed E-state index contributed by atoms with van der Waals surface area (Å²) in [5.74, 6) is -1.42. The lowest BCUT2D eigenvalue weighted by atomic mass is 9.97. The molecule has 26 heavy (non-hydrogen) atoms. The van der Waals surface area contributed by atoms with Gasteiger partial charge in [-0.3, -0.25) is 14.4 Å². The van der Waals surface area contributed by atoms with E-state index in [1.165, 1.54) is 4.90 Å². The van der Waals surface area contributed by atoms with Crippen LogP contribution in [-0.4, -0.2) is 70.5 Å². The zero-order valence-electron chi connectivity index (χ0n) is 15.3. The zero-order valence-corrected chi connectivity index (χ0v) is 15.3. The van der Waals surface area contributed by atoms with E-state index >= 15 is 0 Å². The average Bonchev–Trinajstić information content (AvgIpc) is 2.60. The number of hydrogen-bond donors (Lipinski definition) is 1. The second kappa shape index (κ2) is 8.64. The Hall–Kier alpha value is -2.64. The van der Waals surface area contributed by atoms with Crippen LogP contribution in [0.4, 0.5) is 0 Å². The summed E-state index contributed by atoms with van der Waals surface area (Å²) in [4.78, 5) is 42.9. The Morgan fingerprint density at radius 1 is 1.31 bits per heavy atom. The third kappa shape index (κ3) is 5.18. The third-order valence-electron chi connectivity index (χ3n) is 4.22. The summed E-state index contributed by atoms with van der Waals surface area (Å²) in [5.41, 5.74) is 0.211. The number of aliphatic carboxylic acids is 1. The predicted octanol–water partition coefficient (Wildman–Crippen LogP) is 1.26. The van der Waals surface area contributed by atoms with Gasteiger partial charge < -0.3 is 19.6 Å². The Balaban J connectivity index is 1.92. The predicted molar refractivity (Wildman–Crippen MR) is 93.9 cm³/mol. The van der Waals surface area contributed by atoms with E-state index in [9.17, 15) is 14.4 Å². The Labute approximate surface area is 152 Å². The molecule has 1 fully saturated rings. The van der Waals surface area contributed by atoms with E-state index in [0.717, 1.165) is 0 Å². The molecule has 142 valence electrons. The lowest BCUT2D eigenvalue weighted by Crippen LogP contribution is -2.45. The van der Waals surface area contributed by atoms with Crippen molar-refractivity contribution in [3.05, 3.63) is 23.9 Å². The number of aromatic nitrogens is 1. The maximum Gasteiger partial charge on any atom is 0.306 e. The number of hydrogen-bond acceptors (Lipinski definition) is 5. The molecule has 2 heterocycles. The lowest BCUT2D eigenvalue weighted by molar-refractivity contribution is -0.145. The summed E-state index contributed by atoms with van der Waals surface area (Å²) >= 11 is 0. The molecule has 1 aliphatic rings. The summed E-state index contributed by atoms with van der Waals surface area (Å²) in [6.45, 7) is 4.46. The van der Waals surface area contributed by atoms with Crippen LogP contribution in [0.3, 0.4) is 0 Å². The molecule has 2 rings (SSSR count). The second-order valence-corrected chi connectivity index (χ2v) is 6.68. The number of likely N-dealkylation sites (N-methyl/N-ethyl adjacent to an activating group) is 1. The maximum absolute atomic E-state index is 12.5. The van der Waals surface area contributed by atoms with Crippen molar-refractivity contribution in [3.8, 4) is 5.88 Å². The van der Waals surface area contributed by atoms with Gasteiger partial charge in [0.15, 0.2) is 0 Å². The van der Waals surface area contributed by atoms with Crippen molar-refractivity contribution in [2.45, 2.75) is 32.8 Å². The van der Waals surface area contributed by atoms with Crippen LogP contribution in [-0.2, 0) is 9.59 Å². The number of rotatable bonds is 6. The van der Waals surface area contributed by atoms with Crippen molar-refractivity contribution < 1.29 is 24.2 Å². The van der Waals surface area contributed by atoms with Crippen LogP contribution < -0.4 is 4.74 Å². The van der Waals surface area contributed by atoms with Crippen LogP contribution in [0.2, 0.25) is 0 Å². The first-order valence-corrected chi connectivity index (χ1v) is 8.67. The SMILES string of the molecule is CC(C)Oc1cccc(C(=O)N(C)CC(=O)N2CCC(C(=O)O)CC2)n1. The Bertz CT molecular complexity index is 669. The fraction of sp³-hybridized carbons (Fsp3) is 0.556. The number of nitrogens with zero attached hydrogens (tertiary/aromatic N) is 3. The van der Waals surface area contributed by atoms with Gasteiger partial charge in [0.25, 0.3) is 5.91 Å². The molecule has 0 spiro atoms. The number of piperidine rings is 1. The number of pyridine rings is 1. The highest BCUT2D eigenvalue weighted by molar-refractivity contribution is 5.94. The van der Waals surface area contributed by atoms with E-state index in [1.807, 2.05) is 13.8 Å². The van der Waals surface area contributed by atoms with Crippen LogP contribution in [0.5, 0.6) is 5.88 Å². The van der Waals surface area contributed by atoms with E-state index in [4.69, 9.17) is 9.84 Å². The van der Waals surface area contributed by atoms with Crippen molar-refractivity contribution >= 4 is 17.8 Å². The fourth-order valence-electron chi connectivity index (χ4n) is 2.79. The van der Waals surface area contributed by atoms with Crippen molar-refractivity contribution in [1.82, 2.24) is 14.8 Å². The molecule has 1 N–H and O–H groups in total. The molecule has 1 saturated heterocycles. The number of carboxylic acids is 1. The van der Waals surface area contributed by atoms with Crippen LogP contribution in [0, 0.1) is 5.92 Å². The molecule has 1 aromatic heterocycles. The van der Waals surface area contributed by atoms with Gasteiger partial charge in [-0.15, -0.1) is 0 Å². The third-order valence-corrected chi connectivity index (χ3v) is 4.22. The van der Waals surface area contributed by atoms with Crippen LogP contribution >= 0.6 is 0 Å². The van der Waals surface area contributed by atoms with Crippen molar-refractivity contribution in [2.24, 2.45) is 5.92 Å². The largest absolute Gasteiger partial charge is 0.481 e. The minimum Gasteiger partial charge on any atom is -0.481 e. The Morgan fingerprint density at radius 3 is 2.54 bits per heavy atom. The number of ether oxygens (including phenoxy) is 1. The van der Waals surface area contributed by atoms with Gasteiger partial charge in [-0.2, -0.15) is 0 Å². The number of amides is 2. The van der Waals surface area contributed by atoms with E-state index in [-0.39, 0.29) is 30.2 Å². The standard InChI is InChI=1S/C18H25N3O5/c1-12(2)26-15-6-4-5-14(19-15)17(23)20(3)11-16(22)21-9-7-13(8-10-21)18(24)25/h4-6,12-13H,7-11H2,1-3H3,(H,24,25). The molecule has 2 amide bonds. The second-order valence-electron chi connectivity index (χ2n) is 6.68. The monoisotopic (exact) mass is 363 g/mol. The highest BCUT2D eigenvalue weighted by Gasteiger charge is 2.28. The normalized spacial score (nSPS) is 15.0. The summed E-state index contributed by atoms with van der Waals surface area (Å²) in [6, 6.07) is 4.94. The van der Waals surface area contributed by atoms with Gasteiger partial charge in [-0.25, -0.2) is 4.98 Å². The van der Waals surface area contributed by atoms with Crippen LogP contribution in [0.1, 0.15) is 37.2 Å². The number of carbonyl (C=O) groups excluding carboxylic acids is 2. The summed E-state index contributed by atoms with van der Waals surface area (Å²) in [7, 11) is 1.54. The van der Waals surface area contributed by atoms with Gasteiger partial charge in [0.1, 0.15) is 5.69 Å². The molecule has 8 heteroatoms. The highest BCUT2D eigenvalue weighted by Crippen LogP contribution is 2.17. The van der Waals surface area contributed by atoms with Crippen LogP contribution in [0.15, 0.2) is 18.2 Å². The van der Waals surface area contributed by atoms with Gasteiger partial charge in [0.05, 0.1) is 18.6 Å². The molecule has 0 aliphatic carbocycles. The minimum absolute atomic E-state index is 0.0547. The molecular formula is C18H25N3O5. The summed E-state index contributed by atoms with van der Waals surface area (Å²) in [5, 5.41) is 9.01. The maximum atomic E-state index is 12.5. The highest BCUT2D eigenvalue weighted by atomic mass is 16.5. The molecule has 0 unspecified atom stereocenters. The van der Waals surface area contributed by atoms with E-state index in [0.29, 0.717) is 31.8 Å². The Kier molecular flexibility index (Phi) is 6.54. The number of carbonyl (C=O) groups is 3. The van der Waals surface area contributed by atoms with E-state index in [1.54, 1.807) is 30.1 Å². The van der Waals surface area contributed by atoms with Gasteiger partial charge in [0, 0.05) is 26.2 Å². The van der Waals surface area contributed by atoms with Crippen LogP contribution in [0.25, 0.3) is 0 Å². The quantitative estimate of drug-likeness (QED) is 0.817. The molecule has 0 atom stereocenters. The summed E-state index contributed by atoms with van der Waals surface area (Å²) in [6.07, 6.45) is 0.824. The first kappa shape index (κ1) is 19.7. The van der Waals surface area contributed by atoms with Crippen molar-refractivity contribution in [1.29, 1.82) is 0 Å². The van der Waals surface area contributed by atoms with Gasteiger partial charge in [-0.05, 0) is 32.8 Å². The number of carboxylic acid groups (broad SMARTS) is 1. The molecule has 1 aliphatic heterocycles. The lowest BCUT2D eigenvalue weighted by Gasteiger charge is -2.31. The summed E-state index contributed by atoms with van der Waals surface area (Å²) < 4.78 is 5.49. The average molecular weight is 363 g/mol. The molecule has 0 aromatic carbocycles. The van der Waals surface area contributed by atoms with E-state index in [2.05, 4.69) is 4.98 Å². The van der Waals surface area contributed by atoms with Gasteiger partial charge in [0.2, 0.25) is 11.8 Å². The Morgan fingerprint density at radius 2 is 1.96 bits per heavy atom. The molecule has 8 nitrogen and oxygen atoms in total. The fourth-order valence-corrected chi connectivity index (χ4v) is 2.79. The smallest absolute Gasteiger partial charge is 0.306 e. The van der Waals surface area contributed by atoms with E-state index < -0.39 is 11.9 Å². The minimum atomic E-state index is -0.820. The molecule has 0 bridgehead atoms. The molecule has 0 radical (unpaired) electrons. The zero-order chi connectivity index (χ0) is 19.3. The molecular weight excluding hydrogens is 338 g/mol. The van der Waals surface area contributed by atoms with Gasteiger partial charge >= 0.3 is 5.97 Å². The topological polar surface area (TPSA) is 100 Å². The molecule has 0 saturated carbocycles. The number of likely N-dealkylation sites (tertiary alicyclic amines) is 1. The molecule has 1 aromatic rings. The van der Waals surface area contributed by atoms with Crippen molar-refractivity contribution in [3.63, 3.8) is 0 Å². The first-order chi connectivity index (χ1) is 12.3. The van der Waals surface area contributed by atoms with Crippen molar-refractivity contribution in [2.75, 3.05) is 26.7 Å². The first-order valence-electron chi connectivity index (χ1n) is 8.67.